The molecule has 0 spiro atoms. The number of nitrogens with one attached hydrogen (secondary N) is 1. The molecule has 0 radical (unpaired) electrons. The van der Waals surface area contributed by atoms with E-state index in [0.717, 1.165) is 24.1 Å². The molecule has 8 heteroatoms. The van der Waals surface area contributed by atoms with Crippen molar-refractivity contribution in [3.05, 3.63) is 14.7 Å². The third kappa shape index (κ3) is 3.74. The van der Waals surface area contributed by atoms with Crippen LogP contribution in [0, 0.1) is 0 Å². The summed E-state index contributed by atoms with van der Waals surface area (Å²) in [5.41, 5.74) is 5.55. The van der Waals surface area contributed by atoms with Gasteiger partial charge in [0.15, 0.2) is 0 Å². The van der Waals surface area contributed by atoms with Gasteiger partial charge in [-0.3, -0.25) is 0 Å². The second kappa shape index (κ2) is 6.44. The van der Waals surface area contributed by atoms with Crippen LogP contribution in [0.3, 0.4) is 0 Å². The number of nitrogens with two attached hydrogens (primary N) is 1. The van der Waals surface area contributed by atoms with Crippen LogP contribution >= 0.6 is 39.0 Å². The lowest BCUT2D eigenvalue weighted by Crippen LogP contribution is -2.33. The Morgan fingerprint density at radius 2 is 2.32 bits per heavy atom. The molecule has 108 valence electrons. The molecule has 0 bridgehead atoms. The van der Waals surface area contributed by atoms with E-state index >= 15 is 0 Å². The van der Waals surface area contributed by atoms with Crippen molar-refractivity contribution in [2.45, 2.75) is 42.0 Å². The Balaban J connectivity index is 2.12. The summed E-state index contributed by atoms with van der Waals surface area (Å²) in [4.78, 5) is 1.17. The minimum absolute atomic E-state index is 0.0515. The molecule has 1 saturated carbocycles. The minimum Gasteiger partial charge on any atom is -0.326 e. The molecule has 1 aliphatic rings. The maximum absolute atomic E-state index is 12.4. The minimum atomic E-state index is -3.45. The fourth-order valence-corrected chi connectivity index (χ4v) is 6.87. The quantitative estimate of drug-likeness (QED) is 0.817. The molecule has 1 aromatic rings. The summed E-state index contributed by atoms with van der Waals surface area (Å²) < 4.78 is 28.1. The molecule has 1 heterocycles. The standard InChI is InChI=1S/C11H17BrN2O2S3/c1-17-8-3-2-7(4-8)14-19(15,16)10-5-9(6-13)18-11(10)12/h5,7-8,14H,2-4,6,13H2,1H3. The molecule has 0 amide bonds. The molecule has 2 atom stereocenters. The van der Waals surface area contributed by atoms with Crippen LogP contribution in [-0.2, 0) is 16.6 Å². The van der Waals surface area contributed by atoms with Crippen LogP contribution in [-0.4, -0.2) is 26.0 Å². The van der Waals surface area contributed by atoms with Gasteiger partial charge in [0, 0.05) is 22.7 Å². The Morgan fingerprint density at radius 1 is 1.58 bits per heavy atom. The van der Waals surface area contributed by atoms with Crippen LogP contribution in [0.4, 0.5) is 0 Å². The van der Waals surface area contributed by atoms with E-state index in [0.29, 0.717) is 20.5 Å². The highest BCUT2D eigenvalue weighted by Crippen LogP contribution is 2.33. The predicted octanol–water partition coefficient (Wildman–Crippen LogP) is 2.53. The number of hydrogen-bond acceptors (Lipinski definition) is 5. The van der Waals surface area contributed by atoms with Crippen LogP contribution in [0.1, 0.15) is 24.1 Å². The van der Waals surface area contributed by atoms with Crippen molar-refractivity contribution in [3.63, 3.8) is 0 Å². The number of thiophene rings is 1. The summed E-state index contributed by atoms with van der Waals surface area (Å²) in [5.74, 6) is 0. The molecule has 1 aliphatic carbocycles. The topological polar surface area (TPSA) is 72.2 Å². The van der Waals surface area contributed by atoms with E-state index in [4.69, 9.17) is 5.73 Å². The Hall–Kier alpha value is 0.400. The maximum atomic E-state index is 12.4. The summed E-state index contributed by atoms with van der Waals surface area (Å²) in [6.07, 6.45) is 4.97. The fraction of sp³-hybridized carbons (Fsp3) is 0.636. The van der Waals surface area contributed by atoms with E-state index in [2.05, 4.69) is 26.9 Å². The zero-order chi connectivity index (χ0) is 14.0. The summed E-state index contributed by atoms with van der Waals surface area (Å²) in [6, 6.07) is 1.70. The fourth-order valence-electron chi connectivity index (χ4n) is 2.23. The lowest BCUT2D eigenvalue weighted by molar-refractivity contribution is 0.552. The first-order valence-corrected chi connectivity index (χ1v) is 10.4. The van der Waals surface area contributed by atoms with Gasteiger partial charge in [0.05, 0.1) is 3.79 Å². The van der Waals surface area contributed by atoms with E-state index in [1.807, 2.05) is 11.8 Å². The second-order valence-corrected chi connectivity index (χ2v) is 9.82. The number of thioether (sulfide) groups is 1. The zero-order valence-corrected chi connectivity index (χ0v) is 14.6. The Bertz CT molecular complexity index is 544. The first-order chi connectivity index (χ1) is 8.96. The van der Waals surface area contributed by atoms with Gasteiger partial charge in [0.25, 0.3) is 0 Å². The monoisotopic (exact) mass is 384 g/mol. The molecule has 0 aromatic carbocycles. The normalized spacial score (nSPS) is 23.9. The highest BCUT2D eigenvalue weighted by molar-refractivity contribution is 9.11. The summed E-state index contributed by atoms with van der Waals surface area (Å²) in [6.45, 7) is 0.358. The Labute approximate surface area is 130 Å². The van der Waals surface area contributed by atoms with Gasteiger partial charge in [-0.1, -0.05) is 0 Å². The third-order valence-corrected chi connectivity index (χ3v) is 8.13. The van der Waals surface area contributed by atoms with Crippen molar-refractivity contribution >= 4 is 49.1 Å². The van der Waals surface area contributed by atoms with Gasteiger partial charge in [-0.25, -0.2) is 13.1 Å². The SMILES string of the molecule is CSC1CCC(NS(=O)(=O)c2cc(CN)sc2Br)C1. The van der Waals surface area contributed by atoms with Crippen molar-refractivity contribution in [2.24, 2.45) is 5.73 Å². The zero-order valence-electron chi connectivity index (χ0n) is 10.6. The van der Waals surface area contributed by atoms with Gasteiger partial charge in [-0.2, -0.15) is 11.8 Å². The number of rotatable bonds is 5. The van der Waals surface area contributed by atoms with E-state index in [9.17, 15) is 8.42 Å². The average molecular weight is 385 g/mol. The van der Waals surface area contributed by atoms with Gasteiger partial charge in [-0.15, -0.1) is 11.3 Å². The van der Waals surface area contributed by atoms with Crippen molar-refractivity contribution in [1.82, 2.24) is 4.72 Å². The summed E-state index contributed by atoms with van der Waals surface area (Å²) >= 11 is 6.49. The van der Waals surface area contributed by atoms with E-state index in [1.165, 1.54) is 11.3 Å². The Kier molecular flexibility index (Phi) is 5.35. The molecule has 0 saturated heterocycles. The van der Waals surface area contributed by atoms with Crippen LogP contribution in [0.25, 0.3) is 0 Å². The van der Waals surface area contributed by atoms with Crippen molar-refractivity contribution in [1.29, 1.82) is 0 Å². The smallest absolute Gasteiger partial charge is 0.242 e. The van der Waals surface area contributed by atoms with E-state index in [1.54, 1.807) is 6.07 Å². The lowest BCUT2D eigenvalue weighted by Gasteiger charge is -2.12. The van der Waals surface area contributed by atoms with Crippen molar-refractivity contribution < 1.29 is 8.42 Å². The van der Waals surface area contributed by atoms with Gasteiger partial charge >= 0.3 is 0 Å². The molecule has 2 unspecified atom stereocenters. The van der Waals surface area contributed by atoms with Crippen molar-refractivity contribution in [2.75, 3.05) is 6.26 Å². The molecular weight excluding hydrogens is 368 g/mol. The Morgan fingerprint density at radius 3 is 2.84 bits per heavy atom. The molecule has 3 N–H and O–H groups in total. The highest BCUT2D eigenvalue weighted by Gasteiger charge is 2.29. The molecular formula is C11H17BrN2O2S3. The predicted molar refractivity (Wildman–Crippen MR) is 85.2 cm³/mol. The number of hydrogen-bond donors (Lipinski definition) is 2. The number of sulfonamides is 1. The molecule has 1 aromatic heterocycles. The van der Waals surface area contributed by atoms with Crippen molar-refractivity contribution in [3.8, 4) is 0 Å². The average Bonchev–Trinajstić information content (AvgIpc) is 2.95. The number of halogens is 1. The first kappa shape index (κ1) is 15.8. The first-order valence-electron chi connectivity index (χ1n) is 5.99. The van der Waals surface area contributed by atoms with Gasteiger partial charge < -0.3 is 5.73 Å². The van der Waals surface area contributed by atoms with E-state index in [-0.39, 0.29) is 6.04 Å². The largest absolute Gasteiger partial charge is 0.326 e. The lowest BCUT2D eigenvalue weighted by atomic mass is 10.3. The third-order valence-electron chi connectivity index (χ3n) is 3.24. The molecule has 2 rings (SSSR count). The molecule has 0 aliphatic heterocycles. The van der Waals surface area contributed by atoms with Gasteiger partial charge in [0.1, 0.15) is 4.90 Å². The van der Waals surface area contributed by atoms with Gasteiger partial charge in [-0.05, 0) is 47.5 Å². The van der Waals surface area contributed by atoms with Crippen LogP contribution in [0.15, 0.2) is 14.7 Å². The van der Waals surface area contributed by atoms with Gasteiger partial charge in [0.2, 0.25) is 10.0 Å². The maximum Gasteiger partial charge on any atom is 0.242 e. The van der Waals surface area contributed by atoms with E-state index < -0.39 is 10.0 Å². The molecule has 19 heavy (non-hydrogen) atoms. The highest BCUT2D eigenvalue weighted by atomic mass is 79.9. The summed E-state index contributed by atoms with van der Waals surface area (Å²) in [7, 11) is -3.45. The molecule has 1 fully saturated rings. The summed E-state index contributed by atoms with van der Waals surface area (Å²) in [5, 5.41) is 0.568. The second-order valence-electron chi connectivity index (χ2n) is 4.54. The van der Waals surface area contributed by atoms with Crippen LogP contribution in [0.5, 0.6) is 0 Å². The van der Waals surface area contributed by atoms with Crippen LogP contribution < -0.4 is 10.5 Å². The van der Waals surface area contributed by atoms with Crippen LogP contribution in [0.2, 0.25) is 0 Å². The molecule has 4 nitrogen and oxygen atoms in total.